The van der Waals surface area contributed by atoms with Gasteiger partial charge in [-0.05, 0) is 94.1 Å². The van der Waals surface area contributed by atoms with E-state index in [4.69, 9.17) is 43.1 Å². The van der Waals surface area contributed by atoms with Crippen LogP contribution in [0.5, 0.6) is 11.5 Å². The van der Waals surface area contributed by atoms with E-state index < -0.39 is 42.1 Å². The number of anilines is 3. The Hall–Kier alpha value is -8.91. The zero-order chi connectivity index (χ0) is 63.9. The van der Waals surface area contributed by atoms with Gasteiger partial charge in [0, 0.05) is 117 Å². The van der Waals surface area contributed by atoms with E-state index in [1.54, 1.807) is 46.7 Å². The van der Waals surface area contributed by atoms with E-state index in [-0.39, 0.29) is 92.7 Å². The third-order valence-electron chi connectivity index (χ3n) is 17.8. The molecule has 4 aliphatic rings. The van der Waals surface area contributed by atoms with E-state index in [0.29, 0.717) is 61.2 Å². The lowest BCUT2D eigenvalue weighted by atomic mass is 9.95. The number of nitrogens with zero attached hydrogens (tertiary/aromatic N) is 4. The molecule has 19 nitrogen and oxygen atoms in total. The zero-order valence-electron chi connectivity index (χ0n) is 51.2. The highest BCUT2D eigenvalue weighted by Gasteiger charge is 2.38. The van der Waals surface area contributed by atoms with Crippen LogP contribution in [0.15, 0.2) is 133 Å². The van der Waals surface area contributed by atoms with Crippen molar-refractivity contribution in [3.05, 3.63) is 161 Å². The number of amides is 8. The average molecular weight is 1270 g/mol. The number of rotatable bonds is 22. The lowest BCUT2D eigenvalue weighted by Crippen LogP contribution is -2.54. The van der Waals surface area contributed by atoms with E-state index in [9.17, 15) is 33.6 Å². The summed E-state index contributed by atoms with van der Waals surface area (Å²) in [7, 11) is 2.02. The molecule has 0 saturated carbocycles. The molecule has 1 aliphatic carbocycles. The molecule has 11 rings (SSSR count). The molecule has 0 bridgehead atoms. The Morgan fingerprint density at radius 1 is 0.637 bits per heavy atom. The monoisotopic (exact) mass is 1270 g/mol. The number of primary amides is 1. The van der Waals surface area contributed by atoms with E-state index in [2.05, 4.69) is 26.2 Å². The number of nitrogens with one attached hydrogen (secondary N) is 4. The molecule has 474 valence electrons. The lowest BCUT2D eigenvalue weighted by Gasteiger charge is -2.31. The molecule has 1 fully saturated rings. The van der Waals surface area contributed by atoms with Gasteiger partial charge in [-0.2, -0.15) is 0 Å². The first-order valence-electron chi connectivity index (χ1n) is 31.1. The Balaban J connectivity index is 0.722. The van der Waals surface area contributed by atoms with Crippen LogP contribution in [-0.2, 0) is 30.5 Å². The summed E-state index contributed by atoms with van der Waals surface area (Å²) in [5.74, 6) is -0.819. The second-order valence-corrected chi connectivity index (χ2v) is 24.7. The summed E-state index contributed by atoms with van der Waals surface area (Å²) >= 11 is 13.3. The van der Waals surface area contributed by atoms with E-state index in [1.165, 1.54) is 0 Å². The van der Waals surface area contributed by atoms with Crippen LogP contribution in [0.4, 0.5) is 31.4 Å². The predicted molar refractivity (Wildman–Crippen MR) is 353 cm³/mol. The second kappa shape index (κ2) is 28.5. The summed E-state index contributed by atoms with van der Waals surface area (Å²) in [6, 6.07) is 39.4. The van der Waals surface area contributed by atoms with Crippen LogP contribution in [0.1, 0.15) is 91.5 Å². The van der Waals surface area contributed by atoms with Crippen molar-refractivity contribution in [2.45, 2.75) is 82.4 Å². The van der Waals surface area contributed by atoms with Crippen LogP contribution in [0.25, 0.3) is 32.7 Å². The molecule has 0 aromatic heterocycles. The number of piperazine rings is 1. The van der Waals surface area contributed by atoms with Crippen molar-refractivity contribution in [1.82, 2.24) is 25.8 Å². The Bertz CT molecular complexity index is 3850. The molecule has 3 aliphatic heterocycles. The molecular weight excluding hydrogens is 1200 g/mol. The number of fused-ring (bicyclic) bond motifs is 9. The number of ether oxygens (including phenoxy) is 3. The summed E-state index contributed by atoms with van der Waals surface area (Å²) in [6.07, 6.45) is -0.314. The SMILES string of the molecule is CC(C)C(NC(=O)OCC1c2ccccc2-c2ccccc21)C(=O)NC(CCCNC(N)=O)C(=O)Nc1ccc(COc2cc3c(c4ccccc24)[C@H](CCl)CN3C(=O)CCCC(=O)N2CC(CCl)c3c2cc(OC(=O)N2CCN(C)CC2)c2ccccc32)cc1. The lowest BCUT2D eigenvalue weighted by molar-refractivity contribution is -0.128. The Kier molecular flexibility index (Phi) is 19.9. The maximum Gasteiger partial charge on any atom is 0.415 e. The van der Waals surface area contributed by atoms with Gasteiger partial charge in [0.15, 0.2) is 0 Å². The molecular formula is C70H75Cl2N9O10. The number of benzene rings is 7. The third kappa shape index (κ3) is 14.0. The summed E-state index contributed by atoms with van der Waals surface area (Å²) in [4.78, 5) is 102. The first kappa shape index (κ1) is 63.7. The number of urea groups is 1. The van der Waals surface area contributed by atoms with Gasteiger partial charge in [0.25, 0.3) is 0 Å². The van der Waals surface area contributed by atoms with Gasteiger partial charge in [-0.1, -0.05) is 123 Å². The van der Waals surface area contributed by atoms with E-state index >= 15 is 0 Å². The van der Waals surface area contributed by atoms with E-state index in [1.807, 2.05) is 122 Å². The average Bonchev–Trinajstić information content (AvgIpc) is 1.69. The third-order valence-corrected chi connectivity index (χ3v) is 18.5. The molecule has 91 heavy (non-hydrogen) atoms. The molecule has 7 aromatic carbocycles. The van der Waals surface area contributed by atoms with Crippen molar-refractivity contribution in [2.24, 2.45) is 11.7 Å². The molecule has 21 heteroatoms. The topological polar surface area (TPSA) is 234 Å². The van der Waals surface area contributed by atoms with Gasteiger partial charge in [-0.25, -0.2) is 14.4 Å². The van der Waals surface area contributed by atoms with Gasteiger partial charge in [0.05, 0.1) is 11.4 Å². The van der Waals surface area contributed by atoms with Gasteiger partial charge in [-0.3, -0.25) is 19.2 Å². The summed E-state index contributed by atoms with van der Waals surface area (Å²) < 4.78 is 18.4. The van der Waals surface area contributed by atoms with Gasteiger partial charge >= 0.3 is 18.2 Å². The van der Waals surface area contributed by atoms with Gasteiger partial charge in [0.2, 0.25) is 23.6 Å². The number of alkyl halides is 2. The number of nitrogens with two attached hydrogens (primary N) is 1. The van der Waals surface area contributed by atoms with Crippen LogP contribution < -0.4 is 46.3 Å². The number of alkyl carbamates (subject to hydrolysis) is 1. The maximum absolute atomic E-state index is 14.4. The molecule has 7 aromatic rings. The molecule has 3 heterocycles. The van der Waals surface area contributed by atoms with Crippen LogP contribution in [-0.4, -0.2) is 135 Å². The number of halogens is 2. The zero-order valence-corrected chi connectivity index (χ0v) is 52.7. The van der Waals surface area contributed by atoms with Gasteiger partial charge in [-0.15, -0.1) is 23.2 Å². The Labute approximate surface area is 538 Å². The quantitative estimate of drug-likeness (QED) is 0.0316. The smallest absolute Gasteiger partial charge is 0.415 e. The fourth-order valence-corrected chi connectivity index (χ4v) is 13.5. The number of carbonyl (C=O) groups is 7. The van der Waals surface area contributed by atoms with Crippen molar-refractivity contribution >= 4 is 104 Å². The summed E-state index contributed by atoms with van der Waals surface area (Å²) in [5.41, 5.74) is 14.0. The normalized spacial score (nSPS) is 16.6. The highest BCUT2D eigenvalue weighted by molar-refractivity contribution is 6.19. The molecule has 1 saturated heterocycles. The number of hydrogen-bond acceptors (Lipinski definition) is 11. The second-order valence-electron chi connectivity index (χ2n) is 24.1. The minimum Gasteiger partial charge on any atom is -0.488 e. The summed E-state index contributed by atoms with van der Waals surface area (Å²) in [6.45, 7) is 7.20. The number of likely N-dealkylation sites (N-methyl/N-ethyl adjacent to an activating group) is 1. The minimum atomic E-state index is -1.07. The fourth-order valence-electron chi connectivity index (χ4n) is 13.0. The van der Waals surface area contributed by atoms with E-state index in [0.717, 1.165) is 73.6 Å². The molecule has 8 amide bonds. The summed E-state index contributed by atoms with van der Waals surface area (Å²) in [5, 5.41) is 14.4. The highest BCUT2D eigenvalue weighted by Crippen LogP contribution is 2.49. The Morgan fingerprint density at radius 2 is 1.18 bits per heavy atom. The first-order valence-corrected chi connectivity index (χ1v) is 32.1. The highest BCUT2D eigenvalue weighted by atomic mass is 35.5. The van der Waals surface area contributed by atoms with Crippen molar-refractivity contribution < 1.29 is 47.8 Å². The van der Waals surface area contributed by atoms with Crippen molar-refractivity contribution in [3.8, 4) is 22.6 Å². The van der Waals surface area contributed by atoms with Crippen molar-refractivity contribution in [1.29, 1.82) is 0 Å². The van der Waals surface area contributed by atoms with Crippen LogP contribution in [0.2, 0.25) is 0 Å². The predicted octanol–water partition coefficient (Wildman–Crippen LogP) is 11.0. The van der Waals surface area contributed by atoms with Crippen LogP contribution >= 0.6 is 23.2 Å². The molecule has 0 spiro atoms. The van der Waals surface area contributed by atoms with Gasteiger partial charge in [0.1, 0.15) is 36.8 Å². The molecule has 6 N–H and O–H groups in total. The first-order chi connectivity index (χ1) is 44.1. The van der Waals surface area contributed by atoms with Crippen LogP contribution in [0.3, 0.4) is 0 Å². The Morgan fingerprint density at radius 3 is 1.74 bits per heavy atom. The standard InChI is InChI=1S/C70H75Cl2N9O10/c1-42(2)65(77-69(87)90-41-55-49-16-6-4-14-47(49)48-15-5-7-17-50(48)55)67(85)76-56(22-13-29-74-68(73)86)66(84)75-46-27-25-43(26-28-46)40-89-59-34-57-63(53-20-10-8-18-51(53)59)44(36-71)38-80(57)61(82)23-12-24-62(83)81-39-45(37-72)64-54-21-11-9-19-52(54)60(35-58(64)81)91-70(88)79-32-30-78(3)31-33-79/h4-11,14-21,25-28,34-35,42,44-45,55-56,65H,12-13,22-24,29-33,36-41H2,1-3H3,(H,75,84)(H,76,85)(H,77,87)(H3,73,74,86)/t44-,45?,56?,65?/m1/s1. The van der Waals surface area contributed by atoms with Crippen molar-refractivity contribution in [3.63, 3.8) is 0 Å². The van der Waals surface area contributed by atoms with Gasteiger partial charge < -0.3 is 60.8 Å². The number of carbonyl (C=O) groups excluding carboxylic acids is 7. The van der Waals surface area contributed by atoms with Crippen LogP contribution in [0, 0.1) is 5.92 Å². The largest absolute Gasteiger partial charge is 0.488 e. The minimum absolute atomic E-state index is 0.0551. The molecule has 4 atom stereocenters. The molecule has 3 unspecified atom stereocenters. The number of hydrogen-bond donors (Lipinski definition) is 5. The van der Waals surface area contributed by atoms with Crippen molar-refractivity contribution in [2.75, 3.05) is 86.3 Å². The maximum atomic E-state index is 14.4. The fraction of sp³-hybridized carbons (Fsp3) is 0.357. The molecule has 0 radical (unpaired) electrons.